The summed E-state index contributed by atoms with van der Waals surface area (Å²) in [6.45, 7) is 7.85. The van der Waals surface area contributed by atoms with Crippen LogP contribution in [0.25, 0.3) is 0 Å². The zero-order valence-corrected chi connectivity index (χ0v) is 10.8. The van der Waals surface area contributed by atoms with Crippen LogP contribution < -0.4 is 5.46 Å². The van der Waals surface area contributed by atoms with Crippen molar-refractivity contribution in [1.29, 1.82) is 5.26 Å². The number of hydrogen-bond donors (Lipinski definition) is 0. The number of nitriles is 1. The molecule has 0 radical (unpaired) electrons. The second kappa shape index (κ2) is 6.44. The summed E-state index contributed by atoms with van der Waals surface area (Å²) in [5, 5.41) is 8.88. The van der Waals surface area contributed by atoms with Crippen molar-refractivity contribution in [3.8, 4) is 6.07 Å². The fourth-order valence-electron chi connectivity index (χ4n) is 1.44. The van der Waals surface area contributed by atoms with Gasteiger partial charge in [0.25, 0.3) is 0 Å². The van der Waals surface area contributed by atoms with E-state index in [-0.39, 0.29) is 12.2 Å². The summed E-state index contributed by atoms with van der Waals surface area (Å²) in [6, 6.07) is 9.44. The second-order valence-electron chi connectivity index (χ2n) is 4.44. The smallest absolute Gasteiger partial charge is 0.405 e. The van der Waals surface area contributed by atoms with E-state index in [9.17, 15) is 0 Å². The first-order chi connectivity index (χ1) is 8.02. The molecule has 90 valence electrons. The third-order valence-corrected chi connectivity index (χ3v) is 2.08. The SMILES string of the molecule is CC(C)OB(OC(C)C)c1cccc(C#N)c1. The summed E-state index contributed by atoms with van der Waals surface area (Å²) in [4.78, 5) is 0. The van der Waals surface area contributed by atoms with Gasteiger partial charge in [0.1, 0.15) is 0 Å². The van der Waals surface area contributed by atoms with Crippen molar-refractivity contribution < 1.29 is 9.31 Å². The highest BCUT2D eigenvalue weighted by Crippen LogP contribution is 2.03. The number of benzene rings is 1. The van der Waals surface area contributed by atoms with Crippen molar-refractivity contribution in [2.75, 3.05) is 0 Å². The van der Waals surface area contributed by atoms with Crippen LogP contribution in [0.15, 0.2) is 24.3 Å². The molecule has 0 unspecified atom stereocenters. The quantitative estimate of drug-likeness (QED) is 0.728. The number of hydrogen-bond acceptors (Lipinski definition) is 3. The van der Waals surface area contributed by atoms with E-state index in [1.54, 1.807) is 12.1 Å². The van der Waals surface area contributed by atoms with E-state index in [1.807, 2.05) is 39.8 Å². The summed E-state index contributed by atoms with van der Waals surface area (Å²) < 4.78 is 11.4. The Bertz CT molecular complexity index is 389. The van der Waals surface area contributed by atoms with E-state index < -0.39 is 7.12 Å². The van der Waals surface area contributed by atoms with Crippen molar-refractivity contribution in [2.24, 2.45) is 0 Å². The molecule has 0 N–H and O–H groups in total. The summed E-state index contributed by atoms with van der Waals surface area (Å²) in [5.74, 6) is 0. The molecule has 0 saturated carbocycles. The minimum Gasteiger partial charge on any atom is -0.405 e. The largest absolute Gasteiger partial charge is 0.494 e. The first kappa shape index (κ1) is 13.8. The van der Waals surface area contributed by atoms with Gasteiger partial charge < -0.3 is 9.31 Å². The van der Waals surface area contributed by atoms with E-state index in [2.05, 4.69) is 6.07 Å². The molecule has 1 aromatic carbocycles. The van der Waals surface area contributed by atoms with Crippen molar-refractivity contribution in [3.63, 3.8) is 0 Å². The van der Waals surface area contributed by atoms with E-state index in [0.29, 0.717) is 5.56 Å². The zero-order valence-electron chi connectivity index (χ0n) is 10.8. The first-order valence-corrected chi connectivity index (χ1v) is 5.84. The van der Waals surface area contributed by atoms with Gasteiger partial charge in [-0.3, -0.25) is 0 Å². The topological polar surface area (TPSA) is 42.2 Å². The molecule has 0 saturated heterocycles. The molecule has 0 fully saturated rings. The normalized spacial score (nSPS) is 10.6. The third-order valence-electron chi connectivity index (χ3n) is 2.08. The second-order valence-corrected chi connectivity index (χ2v) is 4.44. The van der Waals surface area contributed by atoms with Gasteiger partial charge in [-0.05, 0) is 45.3 Å². The maximum Gasteiger partial charge on any atom is 0.494 e. The molecule has 0 heterocycles. The lowest BCUT2D eigenvalue weighted by Crippen LogP contribution is -2.40. The molecular weight excluding hydrogens is 213 g/mol. The Labute approximate surface area is 103 Å². The first-order valence-electron chi connectivity index (χ1n) is 5.84. The van der Waals surface area contributed by atoms with E-state index >= 15 is 0 Å². The lowest BCUT2D eigenvalue weighted by atomic mass is 9.77. The van der Waals surface area contributed by atoms with Crippen LogP contribution in [0.1, 0.15) is 33.3 Å². The molecule has 0 amide bonds. The fraction of sp³-hybridized carbons (Fsp3) is 0.462. The van der Waals surface area contributed by atoms with Gasteiger partial charge in [0.2, 0.25) is 0 Å². The predicted molar refractivity (Wildman–Crippen MR) is 69.0 cm³/mol. The van der Waals surface area contributed by atoms with Crippen molar-refractivity contribution in [1.82, 2.24) is 0 Å². The molecule has 0 atom stereocenters. The van der Waals surface area contributed by atoms with Crippen LogP contribution in [0.5, 0.6) is 0 Å². The standard InChI is InChI=1S/C13H18BNO2/c1-10(2)16-14(17-11(3)4)13-7-5-6-12(8-13)9-15/h5-8,10-11H,1-4H3. The van der Waals surface area contributed by atoms with E-state index in [0.717, 1.165) is 5.46 Å². The Balaban J connectivity index is 2.91. The third kappa shape index (κ3) is 4.60. The molecule has 0 aromatic heterocycles. The highest BCUT2D eigenvalue weighted by molar-refractivity contribution is 6.61. The Morgan fingerprint density at radius 3 is 2.18 bits per heavy atom. The number of nitrogens with zero attached hydrogens (tertiary/aromatic N) is 1. The van der Waals surface area contributed by atoms with Gasteiger partial charge in [-0.15, -0.1) is 0 Å². The van der Waals surface area contributed by atoms with Gasteiger partial charge in [0.05, 0.1) is 11.6 Å². The fourth-order valence-corrected chi connectivity index (χ4v) is 1.44. The average molecular weight is 231 g/mol. The maximum atomic E-state index is 8.88. The van der Waals surface area contributed by atoms with Gasteiger partial charge >= 0.3 is 7.12 Å². The highest BCUT2D eigenvalue weighted by atomic mass is 16.6. The van der Waals surface area contributed by atoms with Crippen LogP contribution in [0, 0.1) is 11.3 Å². The molecule has 3 nitrogen and oxygen atoms in total. The highest BCUT2D eigenvalue weighted by Gasteiger charge is 2.24. The molecule has 0 aliphatic heterocycles. The molecule has 0 aliphatic rings. The maximum absolute atomic E-state index is 8.88. The lowest BCUT2D eigenvalue weighted by Gasteiger charge is -2.19. The summed E-state index contributed by atoms with van der Waals surface area (Å²) in [7, 11) is -0.414. The number of rotatable bonds is 5. The minimum absolute atomic E-state index is 0.0736. The van der Waals surface area contributed by atoms with Crippen molar-refractivity contribution >= 4 is 12.6 Å². The average Bonchev–Trinajstić information content (AvgIpc) is 2.27. The van der Waals surface area contributed by atoms with Gasteiger partial charge in [-0.1, -0.05) is 12.1 Å². The van der Waals surface area contributed by atoms with Crippen LogP contribution in [-0.2, 0) is 9.31 Å². The Kier molecular flexibility index (Phi) is 5.21. The molecule has 0 aliphatic carbocycles. The molecule has 1 aromatic rings. The molecule has 17 heavy (non-hydrogen) atoms. The van der Waals surface area contributed by atoms with Gasteiger partial charge in [-0.2, -0.15) is 5.26 Å². The minimum atomic E-state index is -0.414. The van der Waals surface area contributed by atoms with Crippen LogP contribution in [0.2, 0.25) is 0 Å². The predicted octanol–water partition coefficient (Wildman–Crippen LogP) is 2.10. The van der Waals surface area contributed by atoms with Crippen LogP contribution in [0.3, 0.4) is 0 Å². The lowest BCUT2D eigenvalue weighted by molar-refractivity contribution is 0.139. The monoisotopic (exact) mass is 231 g/mol. The zero-order chi connectivity index (χ0) is 12.8. The molecule has 0 spiro atoms. The van der Waals surface area contributed by atoms with Gasteiger partial charge in [0, 0.05) is 12.2 Å². The van der Waals surface area contributed by atoms with E-state index in [4.69, 9.17) is 14.6 Å². The Morgan fingerprint density at radius 2 is 1.71 bits per heavy atom. The van der Waals surface area contributed by atoms with Crippen LogP contribution >= 0.6 is 0 Å². The molecule has 0 bridgehead atoms. The van der Waals surface area contributed by atoms with Gasteiger partial charge in [-0.25, -0.2) is 0 Å². The van der Waals surface area contributed by atoms with Crippen LogP contribution in [0.4, 0.5) is 0 Å². The van der Waals surface area contributed by atoms with E-state index in [1.165, 1.54) is 0 Å². The molecule has 4 heteroatoms. The summed E-state index contributed by atoms with van der Waals surface area (Å²) >= 11 is 0. The molecular formula is C13H18BNO2. The van der Waals surface area contributed by atoms with Crippen LogP contribution in [-0.4, -0.2) is 19.3 Å². The Hall–Kier alpha value is -1.31. The van der Waals surface area contributed by atoms with Crippen molar-refractivity contribution in [2.45, 2.75) is 39.9 Å². The van der Waals surface area contributed by atoms with Gasteiger partial charge in [0.15, 0.2) is 0 Å². The summed E-state index contributed by atoms with van der Waals surface area (Å²) in [6.07, 6.45) is 0.147. The molecule has 1 rings (SSSR count). The van der Waals surface area contributed by atoms with Crippen molar-refractivity contribution in [3.05, 3.63) is 29.8 Å². The summed E-state index contributed by atoms with van der Waals surface area (Å²) in [5.41, 5.74) is 1.50. The Morgan fingerprint density at radius 1 is 1.12 bits per heavy atom.